The molecule has 0 aliphatic carbocycles. The van der Waals surface area contributed by atoms with Crippen molar-refractivity contribution in [3.8, 4) is 11.5 Å². The molecule has 1 saturated heterocycles. The van der Waals surface area contributed by atoms with Gasteiger partial charge in [-0.2, -0.15) is 0 Å². The minimum atomic E-state index is -0.0666. The lowest BCUT2D eigenvalue weighted by Crippen LogP contribution is -2.33. The molecular weight excluding hydrogens is 447 g/mol. The molecular formula is C25H30Cl2N2O3. The molecule has 0 aromatic heterocycles. The van der Waals surface area contributed by atoms with Crippen molar-refractivity contribution in [3.63, 3.8) is 0 Å². The van der Waals surface area contributed by atoms with Crippen molar-refractivity contribution in [1.82, 2.24) is 4.90 Å². The van der Waals surface area contributed by atoms with Gasteiger partial charge >= 0.3 is 0 Å². The Labute approximate surface area is 201 Å². The summed E-state index contributed by atoms with van der Waals surface area (Å²) in [4.78, 5) is 17.1. The SMILES string of the molecule is COc1cc2c(cc1OCCN1CCCCC1)N(C(=O)C=Cc1ccccc1Cl)CC2.Cl. The number of ether oxygens (including phenoxy) is 2. The molecule has 2 aliphatic heterocycles. The van der Waals surface area contributed by atoms with Crippen molar-refractivity contribution in [1.29, 1.82) is 0 Å². The number of rotatable bonds is 7. The van der Waals surface area contributed by atoms with Gasteiger partial charge in [-0.1, -0.05) is 36.2 Å². The largest absolute Gasteiger partial charge is 0.493 e. The molecule has 2 heterocycles. The Hall–Kier alpha value is -2.21. The first-order valence-electron chi connectivity index (χ1n) is 11.0. The topological polar surface area (TPSA) is 42.0 Å². The van der Waals surface area contributed by atoms with E-state index in [0.29, 0.717) is 23.9 Å². The number of piperidine rings is 1. The number of anilines is 1. The van der Waals surface area contributed by atoms with E-state index in [9.17, 15) is 4.79 Å². The molecule has 2 aliphatic rings. The molecule has 0 saturated carbocycles. The van der Waals surface area contributed by atoms with Crippen LogP contribution >= 0.6 is 24.0 Å². The van der Waals surface area contributed by atoms with Gasteiger partial charge in [0.15, 0.2) is 11.5 Å². The van der Waals surface area contributed by atoms with Crippen LogP contribution in [-0.2, 0) is 11.2 Å². The van der Waals surface area contributed by atoms with E-state index in [-0.39, 0.29) is 18.3 Å². The monoisotopic (exact) mass is 476 g/mol. The van der Waals surface area contributed by atoms with Crippen molar-refractivity contribution < 1.29 is 14.3 Å². The van der Waals surface area contributed by atoms with Crippen molar-refractivity contribution in [2.45, 2.75) is 25.7 Å². The van der Waals surface area contributed by atoms with Crippen molar-refractivity contribution in [2.75, 3.05) is 44.8 Å². The number of hydrogen-bond acceptors (Lipinski definition) is 4. The average Bonchev–Trinajstić information content (AvgIpc) is 3.21. The molecule has 2 aromatic carbocycles. The Morgan fingerprint density at radius 1 is 1.09 bits per heavy atom. The number of amides is 1. The van der Waals surface area contributed by atoms with Gasteiger partial charge in [-0.25, -0.2) is 0 Å². The number of carbonyl (C=O) groups excluding carboxylic acids is 1. The fourth-order valence-corrected chi connectivity index (χ4v) is 4.42. The highest BCUT2D eigenvalue weighted by molar-refractivity contribution is 6.32. The van der Waals surface area contributed by atoms with E-state index in [1.54, 1.807) is 24.2 Å². The number of halogens is 2. The van der Waals surface area contributed by atoms with Gasteiger partial charge in [-0.3, -0.25) is 9.69 Å². The van der Waals surface area contributed by atoms with Crippen LogP contribution in [0.5, 0.6) is 11.5 Å². The van der Waals surface area contributed by atoms with E-state index in [4.69, 9.17) is 21.1 Å². The Balaban J connectivity index is 0.00000289. The molecule has 7 heteroatoms. The third-order valence-corrected chi connectivity index (χ3v) is 6.30. The van der Waals surface area contributed by atoms with E-state index in [0.717, 1.165) is 48.6 Å². The second-order valence-corrected chi connectivity index (χ2v) is 8.38. The maximum atomic E-state index is 12.9. The maximum absolute atomic E-state index is 12.9. The van der Waals surface area contributed by atoms with E-state index in [2.05, 4.69) is 4.90 Å². The van der Waals surface area contributed by atoms with Gasteiger partial charge in [0, 0.05) is 30.3 Å². The Morgan fingerprint density at radius 2 is 1.88 bits per heavy atom. The fraction of sp³-hybridized carbons (Fsp3) is 0.400. The predicted octanol–water partition coefficient (Wildman–Crippen LogP) is 5.24. The second kappa shape index (κ2) is 11.6. The van der Waals surface area contributed by atoms with E-state index in [1.807, 2.05) is 36.4 Å². The van der Waals surface area contributed by atoms with Crippen LogP contribution in [-0.4, -0.2) is 50.7 Å². The summed E-state index contributed by atoms with van der Waals surface area (Å²) in [6.07, 6.45) is 8.00. The molecule has 1 fully saturated rings. The summed E-state index contributed by atoms with van der Waals surface area (Å²) in [6.45, 7) is 4.44. The van der Waals surface area contributed by atoms with Crippen molar-refractivity contribution in [3.05, 3.63) is 58.6 Å². The van der Waals surface area contributed by atoms with Gasteiger partial charge in [0.2, 0.25) is 0 Å². The smallest absolute Gasteiger partial charge is 0.251 e. The number of hydrogen-bond donors (Lipinski definition) is 0. The molecule has 0 radical (unpaired) electrons. The Morgan fingerprint density at radius 3 is 2.62 bits per heavy atom. The number of benzene rings is 2. The van der Waals surface area contributed by atoms with E-state index < -0.39 is 0 Å². The second-order valence-electron chi connectivity index (χ2n) is 7.98. The summed E-state index contributed by atoms with van der Waals surface area (Å²) in [5.41, 5.74) is 2.82. The fourth-order valence-electron chi connectivity index (χ4n) is 4.23. The average molecular weight is 477 g/mol. The highest BCUT2D eigenvalue weighted by atomic mass is 35.5. The summed E-state index contributed by atoms with van der Waals surface area (Å²) in [7, 11) is 1.66. The molecule has 0 unspecified atom stereocenters. The molecule has 2 aromatic rings. The number of carbonyl (C=O) groups is 1. The zero-order valence-corrected chi connectivity index (χ0v) is 20.0. The molecule has 32 heavy (non-hydrogen) atoms. The van der Waals surface area contributed by atoms with E-state index in [1.165, 1.54) is 19.3 Å². The number of fused-ring (bicyclic) bond motifs is 1. The predicted molar refractivity (Wildman–Crippen MR) is 133 cm³/mol. The third-order valence-electron chi connectivity index (χ3n) is 5.95. The van der Waals surface area contributed by atoms with Crippen LogP contribution in [0.3, 0.4) is 0 Å². The Kier molecular flexibility index (Phi) is 8.85. The summed E-state index contributed by atoms with van der Waals surface area (Å²) in [5.74, 6) is 1.34. The molecule has 0 spiro atoms. The number of methoxy groups -OCH3 is 1. The molecule has 0 bridgehead atoms. The maximum Gasteiger partial charge on any atom is 0.251 e. The van der Waals surface area contributed by atoms with Crippen LogP contribution in [0.4, 0.5) is 5.69 Å². The minimum absolute atomic E-state index is 0. The van der Waals surface area contributed by atoms with Crippen molar-refractivity contribution in [2.24, 2.45) is 0 Å². The van der Waals surface area contributed by atoms with Gasteiger partial charge < -0.3 is 14.4 Å². The van der Waals surface area contributed by atoms with Crippen LogP contribution in [0.25, 0.3) is 6.08 Å². The normalized spacial score (nSPS) is 16.0. The molecule has 0 atom stereocenters. The molecule has 5 nitrogen and oxygen atoms in total. The molecule has 172 valence electrons. The Bertz CT molecular complexity index is 958. The first-order valence-corrected chi connectivity index (χ1v) is 11.3. The third kappa shape index (κ3) is 5.77. The molecule has 4 rings (SSSR count). The van der Waals surface area contributed by atoms with Crippen LogP contribution in [0.1, 0.15) is 30.4 Å². The number of likely N-dealkylation sites (tertiary alicyclic amines) is 1. The summed E-state index contributed by atoms with van der Waals surface area (Å²) >= 11 is 6.20. The van der Waals surface area contributed by atoms with Crippen LogP contribution in [0.2, 0.25) is 5.02 Å². The highest BCUT2D eigenvalue weighted by Crippen LogP contribution is 2.39. The first-order chi connectivity index (χ1) is 15.2. The van der Waals surface area contributed by atoms with Gasteiger partial charge in [0.1, 0.15) is 6.61 Å². The van der Waals surface area contributed by atoms with Gasteiger partial charge in [0.25, 0.3) is 5.91 Å². The summed E-state index contributed by atoms with van der Waals surface area (Å²) in [6, 6.07) is 11.4. The van der Waals surface area contributed by atoms with Crippen LogP contribution in [0, 0.1) is 0 Å². The zero-order valence-electron chi connectivity index (χ0n) is 18.4. The highest BCUT2D eigenvalue weighted by Gasteiger charge is 2.26. The quantitative estimate of drug-likeness (QED) is 0.512. The standard InChI is InChI=1S/C25H29ClN2O3.ClH/c1-30-23-17-20-11-14-28(25(29)10-9-19-7-3-4-8-21(19)26)22(20)18-24(23)31-16-15-27-12-5-2-6-13-27;/h3-4,7-10,17-18H,2,5-6,11-16H2,1H3;1H. The van der Waals surface area contributed by atoms with Gasteiger partial charge in [0.05, 0.1) is 12.8 Å². The lowest BCUT2D eigenvalue weighted by atomic mass is 10.1. The zero-order chi connectivity index (χ0) is 21.6. The molecule has 1 amide bonds. The summed E-state index contributed by atoms with van der Waals surface area (Å²) < 4.78 is 11.6. The van der Waals surface area contributed by atoms with Crippen LogP contribution < -0.4 is 14.4 Å². The summed E-state index contributed by atoms with van der Waals surface area (Å²) in [5, 5.41) is 0.627. The lowest BCUT2D eigenvalue weighted by Gasteiger charge is -2.26. The van der Waals surface area contributed by atoms with Gasteiger partial charge in [-0.05, 0) is 61.7 Å². The number of nitrogens with zero attached hydrogens (tertiary/aromatic N) is 2. The molecule has 0 N–H and O–H groups in total. The van der Waals surface area contributed by atoms with Crippen LogP contribution in [0.15, 0.2) is 42.5 Å². The lowest BCUT2D eigenvalue weighted by molar-refractivity contribution is -0.114. The van der Waals surface area contributed by atoms with E-state index >= 15 is 0 Å². The minimum Gasteiger partial charge on any atom is -0.493 e. The van der Waals surface area contributed by atoms with Gasteiger partial charge in [-0.15, -0.1) is 12.4 Å². The van der Waals surface area contributed by atoms with Crippen molar-refractivity contribution >= 4 is 41.7 Å². The first kappa shape index (κ1) is 24.4.